The van der Waals surface area contributed by atoms with Crippen molar-refractivity contribution in [3.05, 3.63) is 107 Å². The highest BCUT2D eigenvalue weighted by molar-refractivity contribution is 7.26. The van der Waals surface area contributed by atoms with E-state index in [2.05, 4.69) is 84.9 Å². The van der Waals surface area contributed by atoms with Crippen LogP contribution in [0, 0.1) is 0 Å². The van der Waals surface area contributed by atoms with Crippen LogP contribution in [-0.4, -0.2) is 0 Å². The van der Waals surface area contributed by atoms with E-state index in [1.54, 1.807) is 0 Å². The molecule has 170 valence electrons. The van der Waals surface area contributed by atoms with Crippen LogP contribution >= 0.6 is 45.9 Å². The molecular weight excluding hydrogens is 519 g/mol. The molecular formula is C32H16Cl2S2. The molecule has 0 aliphatic carbocycles. The summed E-state index contributed by atoms with van der Waals surface area (Å²) in [7, 11) is 0. The van der Waals surface area contributed by atoms with E-state index in [9.17, 15) is 0 Å². The summed E-state index contributed by atoms with van der Waals surface area (Å²) in [5, 5.41) is 11.3. The summed E-state index contributed by atoms with van der Waals surface area (Å²) in [6.07, 6.45) is 0. The summed E-state index contributed by atoms with van der Waals surface area (Å²) >= 11 is 17.0. The molecule has 4 heteroatoms. The van der Waals surface area contributed by atoms with Crippen molar-refractivity contribution in [3.63, 3.8) is 0 Å². The second-order valence-electron chi connectivity index (χ2n) is 9.18. The molecule has 8 aromatic rings. The van der Waals surface area contributed by atoms with Gasteiger partial charge in [-0.05, 0) is 70.1 Å². The summed E-state index contributed by atoms with van der Waals surface area (Å²) in [6.45, 7) is 0. The van der Waals surface area contributed by atoms with Gasteiger partial charge < -0.3 is 0 Å². The molecule has 0 atom stereocenters. The molecule has 0 amide bonds. The van der Waals surface area contributed by atoms with E-state index in [4.69, 9.17) is 23.2 Å². The van der Waals surface area contributed by atoms with Crippen LogP contribution in [0.1, 0.15) is 0 Å². The molecule has 0 N–H and O–H groups in total. The van der Waals surface area contributed by atoms with Crippen molar-refractivity contribution >= 4 is 108 Å². The third kappa shape index (κ3) is 2.93. The molecule has 0 unspecified atom stereocenters. The molecule has 0 spiro atoms. The fraction of sp³-hybridized carbons (Fsp3) is 0. The van der Waals surface area contributed by atoms with Crippen molar-refractivity contribution in [3.8, 4) is 11.1 Å². The van der Waals surface area contributed by atoms with E-state index in [0.29, 0.717) is 0 Å². The van der Waals surface area contributed by atoms with Gasteiger partial charge in [-0.1, -0.05) is 71.7 Å². The van der Waals surface area contributed by atoms with Crippen molar-refractivity contribution in [2.24, 2.45) is 0 Å². The minimum absolute atomic E-state index is 0.743. The fourth-order valence-electron chi connectivity index (χ4n) is 5.66. The van der Waals surface area contributed by atoms with Crippen LogP contribution in [0.25, 0.3) is 73.0 Å². The SMILES string of the molecule is Clc1ccc2cc3sc4ccccc4c3c(-c3c4cc(Cl)ccc4cc4sc5ccccc5c34)c2c1. The fourth-order valence-corrected chi connectivity index (χ4v) is 8.33. The van der Waals surface area contributed by atoms with Gasteiger partial charge in [-0.2, -0.15) is 0 Å². The predicted molar refractivity (Wildman–Crippen MR) is 163 cm³/mol. The standard InChI is InChI=1S/C32H16Cl2S2/c33-19-11-9-17-13-27-29(21-5-1-3-7-25(21)35-27)31(23(17)15-19)32-24-16-20(34)12-10-18(24)14-28-30(32)22-6-2-4-8-26(22)36-28/h1-16H. The summed E-state index contributed by atoms with van der Waals surface area (Å²) in [6, 6.07) is 34.6. The molecule has 0 radical (unpaired) electrons. The number of hydrogen-bond donors (Lipinski definition) is 0. The largest absolute Gasteiger partial charge is 0.135 e. The molecule has 6 aromatic carbocycles. The number of halogens is 2. The van der Waals surface area contributed by atoms with E-state index in [1.165, 1.54) is 73.0 Å². The smallest absolute Gasteiger partial charge is 0.0412 e. The van der Waals surface area contributed by atoms with E-state index in [-0.39, 0.29) is 0 Å². The van der Waals surface area contributed by atoms with Gasteiger partial charge in [0.1, 0.15) is 0 Å². The first kappa shape index (κ1) is 21.0. The Balaban J connectivity index is 1.74. The monoisotopic (exact) mass is 534 g/mol. The molecule has 0 fully saturated rings. The van der Waals surface area contributed by atoms with Crippen molar-refractivity contribution in [2.75, 3.05) is 0 Å². The summed E-state index contributed by atoms with van der Waals surface area (Å²) in [4.78, 5) is 0. The summed E-state index contributed by atoms with van der Waals surface area (Å²) in [5.74, 6) is 0. The Morgan fingerprint density at radius 2 is 0.861 bits per heavy atom. The first-order chi connectivity index (χ1) is 17.7. The van der Waals surface area contributed by atoms with Crippen LogP contribution in [0.2, 0.25) is 10.0 Å². The lowest BCUT2D eigenvalue weighted by atomic mass is 9.87. The first-order valence-electron chi connectivity index (χ1n) is 11.7. The predicted octanol–water partition coefficient (Wildman–Crippen LogP) is 11.7. The lowest BCUT2D eigenvalue weighted by molar-refractivity contribution is 1.77. The minimum atomic E-state index is 0.743. The molecule has 0 saturated heterocycles. The van der Waals surface area contributed by atoms with E-state index in [1.807, 2.05) is 34.8 Å². The zero-order valence-corrected chi connectivity index (χ0v) is 22.0. The summed E-state index contributed by atoms with van der Waals surface area (Å²) in [5.41, 5.74) is 2.48. The van der Waals surface area contributed by atoms with Gasteiger partial charge >= 0.3 is 0 Å². The molecule has 0 saturated carbocycles. The van der Waals surface area contributed by atoms with Crippen LogP contribution < -0.4 is 0 Å². The van der Waals surface area contributed by atoms with Gasteiger partial charge in [0.15, 0.2) is 0 Å². The van der Waals surface area contributed by atoms with Gasteiger partial charge in [0.05, 0.1) is 0 Å². The Morgan fingerprint density at radius 1 is 0.417 bits per heavy atom. The average molecular weight is 536 g/mol. The second kappa shape index (κ2) is 7.68. The van der Waals surface area contributed by atoms with Gasteiger partial charge in [0, 0.05) is 61.5 Å². The molecule has 2 aromatic heterocycles. The average Bonchev–Trinajstić information content (AvgIpc) is 3.44. The highest BCUT2D eigenvalue weighted by Crippen LogP contribution is 2.51. The van der Waals surface area contributed by atoms with Crippen molar-refractivity contribution in [2.45, 2.75) is 0 Å². The third-order valence-corrected chi connectivity index (χ3v) is 9.84. The van der Waals surface area contributed by atoms with Crippen molar-refractivity contribution in [1.82, 2.24) is 0 Å². The molecule has 0 nitrogen and oxygen atoms in total. The van der Waals surface area contributed by atoms with E-state index in [0.717, 1.165) is 10.0 Å². The van der Waals surface area contributed by atoms with Crippen molar-refractivity contribution < 1.29 is 0 Å². The normalized spacial score (nSPS) is 12.2. The first-order valence-corrected chi connectivity index (χ1v) is 14.1. The Labute approximate surface area is 224 Å². The maximum Gasteiger partial charge on any atom is 0.0412 e. The van der Waals surface area contributed by atoms with Crippen LogP contribution in [0.15, 0.2) is 97.1 Å². The number of fused-ring (bicyclic) bond motifs is 8. The van der Waals surface area contributed by atoms with Crippen molar-refractivity contribution in [1.29, 1.82) is 0 Å². The number of benzene rings is 6. The number of hydrogen-bond acceptors (Lipinski definition) is 2. The minimum Gasteiger partial charge on any atom is -0.135 e. The van der Waals surface area contributed by atoms with Gasteiger partial charge in [-0.3, -0.25) is 0 Å². The molecule has 2 heterocycles. The molecule has 0 aliphatic rings. The maximum atomic E-state index is 6.64. The van der Waals surface area contributed by atoms with Crippen LogP contribution in [0.4, 0.5) is 0 Å². The van der Waals surface area contributed by atoms with Gasteiger partial charge in [-0.25, -0.2) is 0 Å². The quantitative estimate of drug-likeness (QED) is 0.196. The van der Waals surface area contributed by atoms with E-state index < -0.39 is 0 Å². The number of thiophene rings is 2. The number of rotatable bonds is 1. The Bertz CT molecular complexity index is 2030. The van der Waals surface area contributed by atoms with Gasteiger partial charge in [-0.15, -0.1) is 22.7 Å². The maximum absolute atomic E-state index is 6.64. The second-order valence-corrected chi connectivity index (χ2v) is 12.2. The van der Waals surface area contributed by atoms with Crippen LogP contribution in [0.5, 0.6) is 0 Å². The topological polar surface area (TPSA) is 0 Å². The highest BCUT2D eigenvalue weighted by Gasteiger charge is 2.22. The third-order valence-electron chi connectivity index (χ3n) is 7.14. The molecule has 0 bridgehead atoms. The van der Waals surface area contributed by atoms with Crippen LogP contribution in [-0.2, 0) is 0 Å². The van der Waals surface area contributed by atoms with Crippen LogP contribution in [0.3, 0.4) is 0 Å². The summed E-state index contributed by atoms with van der Waals surface area (Å²) < 4.78 is 5.15. The lowest BCUT2D eigenvalue weighted by Crippen LogP contribution is -1.88. The molecule has 8 rings (SSSR count). The Kier molecular flexibility index (Phi) is 4.48. The van der Waals surface area contributed by atoms with Gasteiger partial charge in [0.2, 0.25) is 0 Å². The zero-order chi connectivity index (χ0) is 24.0. The van der Waals surface area contributed by atoms with E-state index >= 15 is 0 Å². The lowest BCUT2D eigenvalue weighted by Gasteiger charge is -2.16. The zero-order valence-electron chi connectivity index (χ0n) is 18.8. The van der Waals surface area contributed by atoms with Gasteiger partial charge in [0.25, 0.3) is 0 Å². The molecule has 36 heavy (non-hydrogen) atoms. The highest BCUT2D eigenvalue weighted by atomic mass is 35.5. The Hall–Kier alpha value is -3.14. The molecule has 0 aliphatic heterocycles. The Morgan fingerprint density at radius 3 is 1.33 bits per heavy atom.